The fourth-order valence-corrected chi connectivity index (χ4v) is 4.21. The van der Waals surface area contributed by atoms with Crippen LogP contribution < -0.4 is 5.32 Å². The van der Waals surface area contributed by atoms with Crippen molar-refractivity contribution >= 4 is 27.5 Å². The average molecular weight is 444 g/mol. The van der Waals surface area contributed by atoms with Crippen molar-refractivity contribution in [2.24, 2.45) is 0 Å². The first-order valence-electron chi connectivity index (χ1n) is 9.30. The largest absolute Gasteiger partial charge is 0.462 e. The number of anilines is 1. The second-order valence-electron chi connectivity index (χ2n) is 6.47. The number of benzene rings is 2. The van der Waals surface area contributed by atoms with E-state index in [9.17, 15) is 23.3 Å². The minimum absolute atomic E-state index is 0.00303. The van der Waals surface area contributed by atoms with Gasteiger partial charge in [-0.15, -0.1) is 4.09 Å². The van der Waals surface area contributed by atoms with E-state index >= 15 is 0 Å². The lowest BCUT2D eigenvalue weighted by molar-refractivity contribution is -0.384. The number of nitro benzene ring substituents is 1. The fourth-order valence-electron chi connectivity index (χ4n) is 2.90. The number of nitrogens with zero attached hydrogens (tertiary/aromatic N) is 3. The molecular formula is C20H20N4O6S. The van der Waals surface area contributed by atoms with Crippen LogP contribution in [-0.4, -0.2) is 35.1 Å². The number of nitro groups is 1. The van der Waals surface area contributed by atoms with E-state index in [1.165, 1.54) is 6.92 Å². The second-order valence-corrected chi connectivity index (χ2v) is 8.24. The maximum Gasteiger partial charge on any atom is 0.343 e. The van der Waals surface area contributed by atoms with Crippen LogP contribution in [0.4, 0.5) is 11.5 Å². The molecule has 0 bridgehead atoms. The molecule has 1 aromatic heterocycles. The van der Waals surface area contributed by atoms with Crippen LogP contribution in [0.5, 0.6) is 0 Å². The van der Waals surface area contributed by atoms with Gasteiger partial charge < -0.3 is 10.1 Å². The first-order chi connectivity index (χ1) is 14.8. The predicted molar refractivity (Wildman–Crippen MR) is 112 cm³/mol. The van der Waals surface area contributed by atoms with Crippen molar-refractivity contribution in [3.05, 3.63) is 81.5 Å². The Bertz CT molecular complexity index is 1200. The molecular weight excluding hydrogens is 424 g/mol. The number of hydrogen-bond donors (Lipinski definition) is 1. The van der Waals surface area contributed by atoms with Gasteiger partial charge in [0.25, 0.3) is 15.7 Å². The summed E-state index contributed by atoms with van der Waals surface area (Å²) in [6, 6.07) is 13.6. The van der Waals surface area contributed by atoms with Gasteiger partial charge in [0.1, 0.15) is 5.56 Å². The van der Waals surface area contributed by atoms with Crippen molar-refractivity contribution in [2.75, 3.05) is 11.9 Å². The summed E-state index contributed by atoms with van der Waals surface area (Å²) in [6.45, 7) is 3.48. The molecule has 162 valence electrons. The van der Waals surface area contributed by atoms with Crippen molar-refractivity contribution in [1.29, 1.82) is 0 Å². The summed E-state index contributed by atoms with van der Waals surface area (Å²) in [6.07, 6.45) is 0. The van der Waals surface area contributed by atoms with E-state index in [0.29, 0.717) is 0 Å². The zero-order valence-corrected chi connectivity index (χ0v) is 17.6. The molecule has 2 aromatic carbocycles. The Morgan fingerprint density at radius 3 is 2.39 bits per heavy atom. The highest BCUT2D eigenvalue weighted by Gasteiger charge is 2.30. The molecule has 0 amide bonds. The number of aromatic nitrogens is 2. The number of carbonyl (C=O) groups excluding carboxylic acids is 1. The minimum atomic E-state index is -4.25. The topological polar surface area (TPSA) is 133 Å². The summed E-state index contributed by atoms with van der Waals surface area (Å²) < 4.78 is 32.3. The van der Waals surface area contributed by atoms with Gasteiger partial charge in [-0.25, -0.2) is 4.79 Å². The number of esters is 1. The van der Waals surface area contributed by atoms with Crippen molar-refractivity contribution in [1.82, 2.24) is 9.19 Å². The maximum atomic E-state index is 13.2. The minimum Gasteiger partial charge on any atom is -0.462 e. The summed E-state index contributed by atoms with van der Waals surface area (Å²) in [5.74, 6) is -0.751. The highest BCUT2D eigenvalue weighted by Crippen LogP contribution is 2.27. The molecule has 1 heterocycles. The molecule has 1 N–H and O–H groups in total. The van der Waals surface area contributed by atoms with Crippen LogP contribution in [0.15, 0.2) is 59.5 Å². The second kappa shape index (κ2) is 8.96. The van der Waals surface area contributed by atoms with Gasteiger partial charge in [0.05, 0.1) is 22.1 Å². The van der Waals surface area contributed by atoms with Gasteiger partial charge in [-0.2, -0.15) is 13.5 Å². The normalized spacial score (nSPS) is 11.2. The smallest absolute Gasteiger partial charge is 0.343 e. The highest BCUT2D eigenvalue weighted by atomic mass is 32.2. The van der Waals surface area contributed by atoms with Gasteiger partial charge in [-0.3, -0.25) is 10.1 Å². The molecule has 0 aliphatic heterocycles. The molecule has 0 unspecified atom stereocenters. The maximum absolute atomic E-state index is 13.2. The molecule has 0 saturated carbocycles. The van der Waals surface area contributed by atoms with Crippen LogP contribution >= 0.6 is 0 Å². The number of carbonyl (C=O) groups is 1. The fraction of sp³-hybridized carbons (Fsp3) is 0.200. The lowest BCUT2D eigenvalue weighted by Crippen LogP contribution is -2.19. The molecule has 11 heteroatoms. The average Bonchev–Trinajstić information content (AvgIpc) is 3.10. The van der Waals surface area contributed by atoms with E-state index in [4.69, 9.17) is 4.74 Å². The van der Waals surface area contributed by atoms with Crippen LogP contribution in [-0.2, 0) is 21.3 Å². The van der Waals surface area contributed by atoms with Crippen LogP contribution in [0.1, 0.15) is 28.5 Å². The third-order valence-electron chi connectivity index (χ3n) is 4.39. The van der Waals surface area contributed by atoms with Crippen molar-refractivity contribution in [3.63, 3.8) is 0 Å². The molecule has 0 aliphatic carbocycles. The lowest BCUT2D eigenvalue weighted by atomic mass is 10.2. The number of non-ortho nitro benzene ring substituents is 1. The Morgan fingerprint density at radius 1 is 1.16 bits per heavy atom. The van der Waals surface area contributed by atoms with E-state index in [0.717, 1.165) is 33.9 Å². The highest BCUT2D eigenvalue weighted by molar-refractivity contribution is 7.90. The van der Waals surface area contributed by atoms with Gasteiger partial charge in [0.2, 0.25) is 0 Å². The molecule has 3 rings (SSSR count). The Labute approximate surface area is 178 Å². The molecule has 0 aliphatic rings. The number of hydrogen-bond acceptors (Lipinski definition) is 8. The number of rotatable bonds is 8. The third-order valence-corrected chi connectivity index (χ3v) is 5.97. The summed E-state index contributed by atoms with van der Waals surface area (Å²) in [5.41, 5.74) is 0.781. The first-order valence-corrected chi connectivity index (χ1v) is 10.7. The standard InChI is InChI=1S/C20H20N4O6S/c1-3-30-20(25)18-14(2)22-23(19(18)21-13-15-7-5-4-6-8-15)31(28,29)17-11-9-16(10-12-17)24(26)27/h4-12,21H,3,13H2,1-2H3. The monoisotopic (exact) mass is 444 g/mol. The number of nitrogens with one attached hydrogen (secondary N) is 1. The Hall–Kier alpha value is -3.73. The number of ether oxygens (including phenoxy) is 1. The van der Waals surface area contributed by atoms with Gasteiger partial charge in [0.15, 0.2) is 5.82 Å². The Morgan fingerprint density at radius 2 is 1.81 bits per heavy atom. The van der Waals surface area contributed by atoms with Crippen molar-refractivity contribution in [2.45, 2.75) is 25.3 Å². The van der Waals surface area contributed by atoms with Crippen LogP contribution in [0.25, 0.3) is 0 Å². The van der Waals surface area contributed by atoms with Crippen molar-refractivity contribution < 1.29 is 22.9 Å². The van der Waals surface area contributed by atoms with E-state index in [-0.39, 0.29) is 40.8 Å². The van der Waals surface area contributed by atoms with Gasteiger partial charge in [-0.1, -0.05) is 30.3 Å². The van der Waals surface area contributed by atoms with E-state index in [2.05, 4.69) is 10.4 Å². The van der Waals surface area contributed by atoms with Crippen molar-refractivity contribution in [3.8, 4) is 0 Å². The summed E-state index contributed by atoms with van der Waals surface area (Å²) in [7, 11) is -4.25. The third kappa shape index (κ3) is 4.56. The van der Waals surface area contributed by atoms with Crippen LogP contribution in [0, 0.1) is 17.0 Å². The Balaban J connectivity index is 2.08. The molecule has 0 saturated heterocycles. The van der Waals surface area contributed by atoms with E-state index in [1.54, 1.807) is 6.92 Å². The summed E-state index contributed by atoms with van der Waals surface area (Å²) in [5, 5.41) is 17.9. The zero-order chi connectivity index (χ0) is 22.6. The lowest BCUT2D eigenvalue weighted by Gasteiger charge is -2.12. The molecule has 31 heavy (non-hydrogen) atoms. The van der Waals surface area contributed by atoms with Gasteiger partial charge in [0, 0.05) is 18.7 Å². The van der Waals surface area contributed by atoms with Gasteiger partial charge in [-0.05, 0) is 31.5 Å². The zero-order valence-electron chi connectivity index (χ0n) is 16.8. The van der Waals surface area contributed by atoms with Crippen LogP contribution in [0.2, 0.25) is 0 Å². The van der Waals surface area contributed by atoms with Gasteiger partial charge >= 0.3 is 5.97 Å². The quantitative estimate of drug-likeness (QED) is 0.318. The molecule has 3 aromatic rings. The molecule has 0 spiro atoms. The van der Waals surface area contributed by atoms with Crippen LogP contribution in [0.3, 0.4) is 0 Å². The first kappa shape index (κ1) is 22.0. The molecule has 0 radical (unpaired) electrons. The number of aryl methyl sites for hydroxylation is 1. The van der Waals surface area contributed by atoms with E-state index in [1.807, 2.05) is 30.3 Å². The molecule has 0 fully saturated rings. The SMILES string of the molecule is CCOC(=O)c1c(C)nn(S(=O)(=O)c2ccc([N+](=O)[O-])cc2)c1NCc1ccccc1. The Kier molecular flexibility index (Phi) is 6.35. The molecule has 0 atom stereocenters. The summed E-state index contributed by atoms with van der Waals surface area (Å²) in [4.78, 5) is 22.5. The summed E-state index contributed by atoms with van der Waals surface area (Å²) >= 11 is 0. The molecule has 10 nitrogen and oxygen atoms in total. The predicted octanol–water partition coefficient (Wildman–Crippen LogP) is 3.13. The van der Waals surface area contributed by atoms with E-state index < -0.39 is 20.9 Å².